The lowest BCUT2D eigenvalue weighted by Gasteiger charge is -2.42. The first-order valence-corrected chi connectivity index (χ1v) is 10.6. The number of likely N-dealkylation sites (tertiary alicyclic amines) is 2. The summed E-state index contributed by atoms with van der Waals surface area (Å²) < 4.78 is 0. The zero-order chi connectivity index (χ0) is 19.2. The van der Waals surface area contributed by atoms with E-state index in [2.05, 4.69) is 34.7 Å². The van der Waals surface area contributed by atoms with Crippen LogP contribution in [-0.4, -0.2) is 71.4 Å². The Morgan fingerprint density at radius 1 is 1.26 bits per heavy atom. The molecular formula is C22H36N4O. The summed E-state index contributed by atoms with van der Waals surface area (Å²) in [6.07, 6.45) is 8.44. The SMILES string of the molecule is CC(C)CN(C)C(=O)C1CCCN(C2CCN(Cc3cccnc3)CC2)C1. The van der Waals surface area contributed by atoms with E-state index in [0.717, 1.165) is 52.1 Å². The van der Waals surface area contributed by atoms with Crippen LogP contribution in [0, 0.1) is 11.8 Å². The van der Waals surface area contributed by atoms with Crippen molar-refractivity contribution in [1.82, 2.24) is 19.7 Å². The molecule has 27 heavy (non-hydrogen) atoms. The number of carbonyl (C=O) groups excluding carboxylic acids is 1. The first-order valence-electron chi connectivity index (χ1n) is 10.6. The summed E-state index contributed by atoms with van der Waals surface area (Å²) in [6, 6.07) is 4.82. The minimum atomic E-state index is 0.191. The molecule has 0 N–H and O–H groups in total. The Bertz CT molecular complexity index is 583. The normalized spacial score (nSPS) is 22.9. The predicted octanol–water partition coefficient (Wildman–Crippen LogP) is 2.87. The molecule has 1 amide bonds. The van der Waals surface area contributed by atoms with E-state index < -0.39 is 0 Å². The molecule has 0 saturated carbocycles. The average molecular weight is 373 g/mol. The lowest BCUT2D eigenvalue weighted by Crippen LogP contribution is -2.51. The quantitative estimate of drug-likeness (QED) is 0.770. The largest absolute Gasteiger partial charge is 0.345 e. The molecule has 3 heterocycles. The van der Waals surface area contributed by atoms with Gasteiger partial charge < -0.3 is 4.90 Å². The van der Waals surface area contributed by atoms with Gasteiger partial charge in [-0.2, -0.15) is 0 Å². The molecule has 0 spiro atoms. The Morgan fingerprint density at radius 2 is 2.04 bits per heavy atom. The molecule has 1 unspecified atom stereocenters. The van der Waals surface area contributed by atoms with E-state index >= 15 is 0 Å². The Hall–Kier alpha value is -1.46. The second-order valence-electron chi connectivity index (χ2n) is 8.82. The topological polar surface area (TPSA) is 39.7 Å². The highest BCUT2D eigenvalue weighted by atomic mass is 16.2. The maximum absolute atomic E-state index is 12.8. The van der Waals surface area contributed by atoms with Crippen molar-refractivity contribution >= 4 is 5.91 Å². The van der Waals surface area contributed by atoms with Crippen LogP contribution in [0.1, 0.15) is 45.1 Å². The minimum absolute atomic E-state index is 0.191. The van der Waals surface area contributed by atoms with Crippen molar-refractivity contribution in [3.63, 3.8) is 0 Å². The van der Waals surface area contributed by atoms with E-state index in [1.807, 2.05) is 30.4 Å². The van der Waals surface area contributed by atoms with Gasteiger partial charge in [-0.05, 0) is 62.9 Å². The van der Waals surface area contributed by atoms with Crippen molar-refractivity contribution in [1.29, 1.82) is 0 Å². The summed E-state index contributed by atoms with van der Waals surface area (Å²) in [4.78, 5) is 24.1. The van der Waals surface area contributed by atoms with Crippen LogP contribution in [0.5, 0.6) is 0 Å². The van der Waals surface area contributed by atoms with Gasteiger partial charge in [-0.15, -0.1) is 0 Å². The van der Waals surface area contributed by atoms with Crippen LogP contribution in [0.25, 0.3) is 0 Å². The van der Waals surface area contributed by atoms with Gasteiger partial charge >= 0.3 is 0 Å². The number of amides is 1. The maximum atomic E-state index is 12.8. The third kappa shape index (κ3) is 5.76. The molecule has 2 fully saturated rings. The Morgan fingerprint density at radius 3 is 2.70 bits per heavy atom. The molecule has 1 atom stereocenters. The molecule has 0 radical (unpaired) electrons. The van der Waals surface area contributed by atoms with Crippen LogP contribution in [0.15, 0.2) is 24.5 Å². The highest BCUT2D eigenvalue weighted by Gasteiger charge is 2.32. The summed E-state index contributed by atoms with van der Waals surface area (Å²) in [6.45, 7) is 10.6. The number of pyridine rings is 1. The number of nitrogens with zero attached hydrogens (tertiary/aromatic N) is 4. The fourth-order valence-electron chi connectivity index (χ4n) is 4.68. The van der Waals surface area contributed by atoms with Crippen LogP contribution in [-0.2, 0) is 11.3 Å². The van der Waals surface area contributed by atoms with Gasteiger partial charge in [-0.25, -0.2) is 0 Å². The highest BCUT2D eigenvalue weighted by Crippen LogP contribution is 2.25. The maximum Gasteiger partial charge on any atom is 0.226 e. The van der Waals surface area contributed by atoms with E-state index in [9.17, 15) is 4.79 Å². The molecule has 0 bridgehead atoms. The third-order valence-corrected chi connectivity index (χ3v) is 6.02. The number of hydrogen-bond acceptors (Lipinski definition) is 4. The number of rotatable bonds is 6. The van der Waals surface area contributed by atoms with Crippen molar-refractivity contribution < 1.29 is 4.79 Å². The predicted molar refractivity (Wildman–Crippen MR) is 109 cm³/mol. The van der Waals surface area contributed by atoms with Crippen LogP contribution in [0.4, 0.5) is 0 Å². The molecular weight excluding hydrogens is 336 g/mol. The molecule has 5 nitrogen and oxygen atoms in total. The second kappa shape index (κ2) is 9.65. The smallest absolute Gasteiger partial charge is 0.226 e. The van der Waals surface area contributed by atoms with Gasteiger partial charge in [0.1, 0.15) is 0 Å². The monoisotopic (exact) mass is 372 g/mol. The number of carbonyl (C=O) groups is 1. The number of aromatic nitrogens is 1. The van der Waals surface area contributed by atoms with E-state index in [1.54, 1.807) is 0 Å². The molecule has 5 heteroatoms. The van der Waals surface area contributed by atoms with Gasteiger partial charge in [-0.1, -0.05) is 19.9 Å². The molecule has 2 aliphatic rings. The molecule has 1 aromatic heterocycles. The van der Waals surface area contributed by atoms with Gasteiger partial charge in [0.05, 0.1) is 5.92 Å². The lowest BCUT2D eigenvalue weighted by atomic mass is 9.92. The Kier molecular flexibility index (Phi) is 7.25. The Balaban J connectivity index is 1.47. The molecule has 0 aromatic carbocycles. The summed E-state index contributed by atoms with van der Waals surface area (Å²) in [5, 5.41) is 0. The summed E-state index contributed by atoms with van der Waals surface area (Å²) in [5.41, 5.74) is 1.30. The number of piperidine rings is 2. The Labute approximate surface area is 164 Å². The average Bonchev–Trinajstić information content (AvgIpc) is 2.68. The molecule has 0 aliphatic carbocycles. The van der Waals surface area contributed by atoms with Gasteiger partial charge in [0.25, 0.3) is 0 Å². The van der Waals surface area contributed by atoms with E-state index in [1.165, 1.54) is 18.4 Å². The molecule has 2 aliphatic heterocycles. The summed E-state index contributed by atoms with van der Waals surface area (Å²) >= 11 is 0. The van der Waals surface area contributed by atoms with Crippen molar-refractivity contribution in [2.45, 2.75) is 52.1 Å². The molecule has 1 aromatic rings. The zero-order valence-corrected chi connectivity index (χ0v) is 17.3. The minimum Gasteiger partial charge on any atom is -0.345 e. The third-order valence-electron chi connectivity index (χ3n) is 6.02. The van der Waals surface area contributed by atoms with Crippen molar-refractivity contribution in [2.75, 3.05) is 39.8 Å². The summed E-state index contributed by atoms with van der Waals surface area (Å²) in [7, 11) is 1.97. The van der Waals surface area contributed by atoms with E-state index in [4.69, 9.17) is 0 Å². The van der Waals surface area contributed by atoms with Gasteiger partial charge in [-0.3, -0.25) is 19.6 Å². The summed E-state index contributed by atoms with van der Waals surface area (Å²) in [5.74, 6) is 1.07. The van der Waals surface area contributed by atoms with Crippen LogP contribution >= 0.6 is 0 Å². The van der Waals surface area contributed by atoms with E-state index in [0.29, 0.717) is 17.9 Å². The first kappa shape index (κ1) is 20.3. The molecule has 2 saturated heterocycles. The van der Waals surface area contributed by atoms with Crippen molar-refractivity contribution in [3.05, 3.63) is 30.1 Å². The second-order valence-corrected chi connectivity index (χ2v) is 8.82. The lowest BCUT2D eigenvalue weighted by molar-refractivity contribution is -0.137. The zero-order valence-electron chi connectivity index (χ0n) is 17.3. The fraction of sp³-hybridized carbons (Fsp3) is 0.727. The highest BCUT2D eigenvalue weighted by molar-refractivity contribution is 5.78. The standard InChI is InChI=1S/C22H36N4O/c1-18(2)15-24(3)22(27)20-7-5-11-26(17-20)21-8-12-25(13-9-21)16-19-6-4-10-23-14-19/h4,6,10,14,18,20-21H,5,7-9,11-13,15-17H2,1-3H3. The van der Waals surface area contributed by atoms with Gasteiger partial charge in [0.15, 0.2) is 0 Å². The number of hydrogen-bond donors (Lipinski definition) is 0. The van der Waals surface area contributed by atoms with Crippen LogP contribution < -0.4 is 0 Å². The van der Waals surface area contributed by atoms with Crippen LogP contribution in [0.2, 0.25) is 0 Å². The van der Waals surface area contributed by atoms with E-state index in [-0.39, 0.29) is 5.92 Å². The molecule has 150 valence electrons. The van der Waals surface area contributed by atoms with Crippen molar-refractivity contribution in [2.24, 2.45) is 11.8 Å². The fourth-order valence-corrected chi connectivity index (χ4v) is 4.68. The first-order chi connectivity index (χ1) is 13.0. The van der Waals surface area contributed by atoms with Crippen molar-refractivity contribution in [3.8, 4) is 0 Å². The molecule has 3 rings (SSSR count). The van der Waals surface area contributed by atoms with Crippen LogP contribution in [0.3, 0.4) is 0 Å². The van der Waals surface area contributed by atoms with Gasteiger partial charge in [0.2, 0.25) is 5.91 Å². The van der Waals surface area contributed by atoms with Gasteiger partial charge in [0, 0.05) is 45.1 Å².